The first kappa shape index (κ1) is 86.4. The number of hydrogen-bond acceptors (Lipinski definition) is 1. The Morgan fingerprint density at radius 3 is 0.871 bits per heavy atom. The van der Waals surface area contributed by atoms with E-state index in [-0.39, 0.29) is 0 Å². The maximum atomic E-state index is 4.82. The molecule has 0 saturated heterocycles. The number of aryl methyl sites for hydroxylation is 18. The number of nitrogens with zero attached hydrogens (tertiary/aromatic N) is 13. The monoisotopic (exact) mass is 1730 g/mol. The van der Waals surface area contributed by atoms with Crippen molar-refractivity contribution < 1.29 is 0 Å². The number of benzene rings is 6. The molecule has 0 atom stereocenters. The molecule has 18 aromatic heterocycles. The molecule has 13 heteroatoms. The van der Waals surface area contributed by atoms with Gasteiger partial charge in [0.25, 0.3) is 0 Å². The predicted molar refractivity (Wildman–Crippen MR) is 557 cm³/mol. The molecule has 0 aliphatic rings. The summed E-state index contributed by atoms with van der Waals surface area (Å²) in [4.78, 5) is 4.82. The first-order valence-corrected chi connectivity index (χ1v) is 46.3. The van der Waals surface area contributed by atoms with E-state index in [9.17, 15) is 0 Å². The highest BCUT2D eigenvalue weighted by Crippen LogP contribution is 2.42. The van der Waals surface area contributed by atoms with Crippen LogP contribution in [0, 0.1) is 166 Å². The van der Waals surface area contributed by atoms with E-state index in [0.29, 0.717) is 0 Å². The molecule has 0 aliphatic carbocycles. The van der Waals surface area contributed by atoms with Crippen LogP contribution in [-0.4, -0.2) is 58.8 Å². The average molecular weight is 1730 g/mol. The summed E-state index contributed by atoms with van der Waals surface area (Å²) in [6.45, 7) is 52.9. The van der Waals surface area contributed by atoms with E-state index >= 15 is 0 Å². The summed E-state index contributed by atoms with van der Waals surface area (Å²) in [5.74, 6) is 0. The molecule has 18 heterocycles. The molecule has 0 amide bonds. The van der Waals surface area contributed by atoms with Gasteiger partial charge in [0.1, 0.15) is 16.8 Å². The summed E-state index contributed by atoms with van der Waals surface area (Å²) in [7, 11) is 0. The van der Waals surface area contributed by atoms with Gasteiger partial charge in [-0.15, -0.1) is 0 Å². The van der Waals surface area contributed by atoms with Crippen LogP contribution in [0.25, 0.3) is 133 Å². The quantitative estimate of drug-likeness (QED) is 0.164. The van der Waals surface area contributed by atoms with Crippen molar-refractivity contribution in [3.05, 3.63) is 421 Å². The van der Waals surface area contributed by atoms with Crippen molar-refractivity contribution in [1.82, 2.24) is 58.8 Å². The zero-order chi connectivity index (χ0) is 92.6. The first-order valence-electron chi connectivity index (χ1n) is 46.3. The highest BCUT2D eigenvalue weighted by Gasteiger charge is 2.27. The molecule has 0 bridgehead atoms. The second-order valence-corrected chi connectivity index (χ2v) is 36.8. The normalized spacial score (nSPS) is 11.6. The van der Waals surface area contributed by atoms with Crippen molar-refractivity contribution in [3.63, 3.8) is 0 Å². The minimum Gasteiger partial charge on any atom is -0.321 e. The summed E-state index contributed by atoms with van der Waals surface area (Å²) < 4.78 is 27.9. The molecule has 0 saturated carbocycles. The van der Waals surface area contributed by atoms with Crippen LogP contribution in [-0.2, 0) is 0 Å². The summed E-state index contributed by atoms with van der Waals surface area (Å²) in [6.07, 6.45) is 21.7. The lowest BCUT2D eigenvalue weighted by atomic mass is 10.1. The molecule has 0 unspecified atom stereocenters. The van der Waals surface area contributed by atoms with Gasteiger partial charge in [0, 0.05) is 123 Å². The lowest BCUT2D eigenvalue weighted by Gasteiger charge is -2.15. The molecule has 24 aromatic rings. The van der Waals surface area contributed by atoms with Crippen LogP contribution in [0.3, 0.4) is 0 Å². The Hall–Kier alpha value is -15.0. The molecule has 660 valence electrons. The lowest BCUT2D eigenvalue weighted by Crippen LogP contribution is -2.04. The largest absolute Gasteiger partial charge is 0.321 e. The van der Waals surface area contributed by atoms with Gasteiger partial charge in [-0.1, -0.05) is 146 Å². The average Bonchev–Trinajstić information content (AvgIpc) is 1.62. The molecule has 0 radical (unpaired) electrons. The smallest absolute Gasteiger partial charge is 0.150 e. The van der Waals surface area contributed by atoms with Gasteiger partial charge in [-0.25, -0.2) is 4.98 Å². The van der Waals surface area contributed by atoms with Crippen LogP contribution >= 0.6 is 0 Å². The van der Waals surface area contributed by atoms with Crippen molar-refractivity contribution in [2.24, 2.45) is 0 Å². The van der Waals surface area contributed by atoms with Crippen LogP contribution < -0.4 is 0 Å². The van der Waals surface area contributed by atoms with Crippen molar-refractivity contribution in [1.29, 1.82) is 0 Å². The fraction of sp³-hybridized carbons (Fsp3) is 0.202. The van der Waals surface area contributed by atoms with Gasteiger partial charge in [0.05, 0.1) is 89.3 Å². The number of hydrogen-bond donors (Lipinski definition) is 0. The predicted octanol–water partition coefficient (Wildman–Crippen LogP) is 30.1. The third kappa shape index (κ3) is 14.0. The minimum atomic E-state index is 0.996. The molecule has 6 aromatic carbocycles. The highest BCUT2D eigenvalue weighted by atomic mass is 15.2. The Labute approximate surface area is 773 Å². The van der Waals surface area contributed by atoms with E-state index in [1.54, 1.807) is 0 Å². The van der Waals surface area contributed by atoms with Crippen LogP contribution in [0.15, 0.2) is 286 Å². The van der Waals surface area contributed by atoms with Crippen molar-refractivity contribution in [2.45, 2.75) is 166 Å². The maximum absolute atomic E-state index is 4.82. The van der Waals surface area contributed by atoms with E-state index < -0.39 is 0 Å². The van der Waals surface area contributed by atoms with E-state index in [2.05, 4.69) is 500 Å². The van der Waals surface area contributed by atoms with Gasteiger partial charge >= 0.3 is 0 Å². The van der Waals surface area contributed by atoms with Crippen LogP contribution in [0.1, 0.15) is 134 Å². The molecule has 24 rings (SSSR count). The lowest BCUT2D eigenvalue weighted by molar-refractivity contribution is 0.978. The van der Waals surface area contributed by atoms with Gasteiger partial charge in [-0.05, 0) is 345 Å². The zero-order valence-electron chi connectivity index (χ0n) is 80.9. The number of aromatic nitrogens is 13. The number of para-hydroxylation sites is 6. The van der Waals surface area contributed by atoms with E-state index in [1.807, 2.05) is 6.07 Å². The third-order valence-electron chi connectivity index (χ3n) is 28.7. The zero-order valence-corrected chi connectivity index (χ0v) is 80.9. The van der Waals surface area contributed by atoms with Crippen molar-refractivity contribution in [3.8, 4) is 34.1 Å². The molecule has 132 heavy (non-hydrogen) atoms. The SMILES string of the molecule is Cc1cccc(C)c1-n1c(C)c(C)c2c1cc1ccccn12.Cc1cccc(C)c1-n1c(C)c(C)c2c1cn1ccccc21.Cc1cccc(C)c1-n1c(C)c(C)c2c1cn1ccccc21.Cc1cccc(C)c1-n1c(C)c(C)c2cn3ccccc3c21.Cc1cccc(C)c1-n1c(C)c(C)c2cn3ccccc3c21.Cc1cccc(C)c1-n1c(C)c(C)c2nc3ccccn3c21. The Balaban J connectivity index is 0.000000102. The Morgan fingerprint density at radius 2 is 0.492 bits per heavy atom. The van der Waals surface area contributed by atoms with Gasteiger partial charge < -0.3 is 44.8 Å². The van der Waals surface area contributed by atoms with Gasteiger partial charge in [0.2, 0.25) is 0 Å². The molecule has 0 fully saturated rings. The molecular weight excluding hydrogens is 1610 g/mol. The Morgan fingerprint density at radius 1 is 0.205 bits per heavy atom. The van der Waals surface area contributed by atoms with Crippen LogP contribution in [0.5, 0.6) is 0 Å². The minimum absolute atomic E-state index is 0.996. The summed E-state index contributed by atoms with van der Waals surface area (Å²) in [5, 5.41) is 5.40. The van der Waals surface area contributed by atoms with Crippen LogP contribution in [0.4, 0.5) is 0 Å². The number of rotatable bonds is 6. The molecule has 13 nitrogen and oxygen atoms in total. The molecule has 0 aliphatic heterocycles. The fourth-order valence-electron chi connectivity index (χ4n) is 21.4. The third-order valence-corrected chi connectivity index (χ3v) is 28.7. The van der Waals surface area contributed by atoms with Crippen molar-refractivity contribution in [2.75, 3.05) is 0 Å². The van der Waals surface area contributed by atoms with Gasteiger partial charge in [-0.2, -0.15) is 0 Å². The standard InChI is InChI=1S/5C20H20N2.C19H19N3/c2*1-13-8-7-9-14(2)19(13)22-16(4)15(3)17-12-21-11-6-5-10-18(21)20(17)22;2*1-13-8-7-9-14(2)20(13)22-16(4)15(3)19-17-10-5-6-11-21(17)12-18(19)22;1-13-8-7-9-14(2)19(13)22-16(4)15(3)20-18(22)12-17-10-5-6-11-21(17)20;1-12-8-7-9-13(2)18(12)22-15(4)14(3)17-19(22)21-11-6-5-10-16(21)20-17/h5*5-12H,1-4H3;5-11H,1-4H3. The van der Waals surface area contributed by atoms with Crippen LogP contribution in [0.2, 0.25) is 0 Å². The summed E-state index contributed by atoms with van der Waals surface area (Å²) in [5.41, 5.74) is 56.9. The molecular formula is C119H119N13. The second kappa shape index (κ2) is 33.8. The van der Waals surface area contributed by atoms with Gasteiger partial charge in [0.15, 0.2) is 0 Å². The first-order chi connectivity index (χ1) is 63.6. The fourth-order valence-corrected chi connectivity index (χ4v) is 21.4. The van der Waals surface area contributed by atoms with E-state index in [4.69, 9.17) is 4.98 Å². The number of fused-ring (bicyclic) bond motifs is 18. The Kier molecular flexibility index (Phi) is 22.2. The van der Waals surface area contributed by atoms with E-state index in [1.165, 1.54) is 251 Å². The molecule has 0 spiro atoms. The highest BCUT2D eigenvalue weighted by molar-refractivity contribution is 6.04. The second-order valence-electron chi connectivity index (χ2n) is 36.8. The van der Waals surface area contributed by atoms with E-state index in [0.717, 1.165) is 16.8 Å². The molecule has 0 N–H and O–H groups in total. The number of pyridine rings is 6. The Bertz CT molecular complexity index is 7760. The topological polar surface area (TPSA) is 68.9 Å². The number of imidazole rings is 1. The maximum Gasteiger partial charge on any atom is 0.150 e. The summed E-state index contributed by atoms with van der Waals surface area (Å²) >= 11 is 0. The van der Waals surface area contributed by atoms with Gasteiger partial charge in [-0.3, -0.25) is 8.97 Å². The summed E-state index contributed by atoms with van der Waals surface area (Å²) in [6, 6.07) is 79.4. The van der Waals surface area contributed by atoms with Crippen molar-refractivity contribution >= 4 is 99.0 Å².